The summed E-state index contributed by atoms with van der Waals surface area (Å²) in [5, 5.41) is 12.3. The van der Waals surface area contributed by atoms with Crippen molar-refractivity contribution in [2.45, 2.75) is 6.04 Å². The van der Waals surface area contributed by atoms with Crippen LogP contribution < -0.4 is 0 Å². The number of halogens is 2. The highest BCUT2D eigenvalue weighted by Crippen LogP contribution is 2.32. The number of thiazole rings is 1. The molecule has 1 atom stereocenters. The summed E-state index contributed by atoms with van der Waals surface area (Å²) in [7, 11) is 0. The van der Waals surface area contributed by atoms with E-state index in [0.717, 1.165) is 0 Å². The number of aliphatic carboxylic acids is 1. The molecule has 1 fully saturated rings. The van der Waals surface area contributed by atoms with E-state index < -0.39 is 17.9 Å². The third-order valence-electron chi connectivity index (χ3n) is 3.56. The summed E-state index contributed by atoms with van der Waals surface area (Å²) in [6, 6.07) is 4.01. The van der Waals surface area contributed by atoms with E-state index >= 15 is 0 Å². The molecule has 0 bridgehead atoms. The second-order valence-electron chi connectivity index (χ2n) is 5.09. The van der Waals surface area contributed by atoms with Crippen LogP contribution in [0, 0.1) is 0 Å². The van der Waals surface area contributed by atoms with Crippen LogP contribution in [0.1, 0.15) is 10.5 Å². The Hall–Kier alpha value is -1.67. The molecule has 24 heavy (non-hydrogen) atoms. The fraction of sp³-hybridized carbons (Fsp3) is 0.267. The number of nitrogens with zero attached hydrogens (tertiary/aromatic N) is 2. The minimum absolute atomic E-state index is 0.0267. The normalized spacial score (nSPS) is 17.8. The highest BCUT2D eigenvalue weighted by atomic mass is 35.5. The zero-order valence-corrected chi connectivity index (χ0v) is 14.6. The zero-order chi connectivity index (χ0) is 17.3. The van der Waals surface area contributed by atoms with Crippen LogP contribution in [-0.2, 0) is 9.53 Å². The fourth-order valence-electron chi connectivity index (χ4n) is 2.36. The van der Waals surface area contributed by atoms with Gasteiger partial charge in [-0.25, -0.2) is 9.78 Å². The summed E-state index contributed by atoms with van der Waals surface area (Å²) in [5.41, 5.74) is 0.857. The quantitative estimate of drug-likeness (QED) is 0.876. The Balaban J connectivity index is 1.87. The Bertz CT molecular complexity index is 796. The molecule has 126 valence electrons. The molecule has 2 heterocycles. The van der Waals surface area contributed by atoms with Crippen LogP contribution in [0.5, 0.6) is 0 Å². The number of ether oxygens (including phenoxy) is 1. The lowest BCUT2D eigenvalue weighted by molar-refractivity contribution is -0.147. The Morgan fingerprint density at radius 3 is 2.88 bits per heavy atom. The van der Waals surface area contributed by atoms with Crippen LogP contribution in [0.3, 0.4) is 0 Å². The molecule has 1 aliphatic heterocycles. The summed E-state index contributed by atoms with van der Waals surface area (Å²) in [6.45, 7) is 0.487. The van der Waals surface area contributed by atoms with E-state index in [0.29, 0.717) is 27.2 Å². The van der Waals surface area contributed by atoms with E-state index in [1.54, 1.807) is 23.6 Å². The van der Waals surface area contributed by atoms with Gasteiger partial charge in [-0.05, 0) is 18.2 Å². The van der Waals surface area contributed by atoms with E-state index in [9.17, 15) is 14.7 Å². The number of hydrogen-bond acceptors (Lipinski definition) is 5. The lowest BCUT2D eigenvalue weighted by Gasteiger charge is -2.32. The second kappa shape index (κ2) is 7.06. The highest BCUT2D eigenvalue weighted by molar-refractivity contribution is 7.13. The number of carbonyl (C=O) groups excluding carboxylic acids is 1. The number of benzene rings is 1. The van der Waals surface area contributed by atoms with E-state index in [1.807, 2.05) is 0 Å². The molecule has 9 heteroatoms. The Morgan fingerprint density at radius 1 is 1.38 bits per heavy atom. The van der Waals surface area contributed by atoms with Crippen LogP contribution in [-0.4, -0.2) is 52.7 Å². The lowest BCUT2D eigenvalue weighted by atomic mass is 10.2. The molecular weight excluding hydrogens is 375 g/mol. The number of rotatable bonds is 3. The van der Waals surface area contributed by atoms with E-state index in [4.69, 9.17) is 27.9 Å². The topological polar surface area (TPSA) is 79.7 Å². The molecule has 6 nitrogen and oxygen atoms in total. The Morgan fingerprint density at radius 2 is 2.17 bits per heavy atom. The maximum absolute atomic E-state index is 12.6. The summed E-state index contributed by atoms with van der Waals surface area (Å²) in [4.78, 5) is 29.5. The van der Waals surface area contributed by atoms with Crippen molar-refractivity contribution in [3.05, 3.63) is 39.3 Å². The number of carbonyl (C=O) groups is 2. The van der Waals surface area contributed by atoms with E-state index in [1.165, 1.54) is 16.2 Å². The van der Waals surface area contributed by atoms with Crippen LogP contribution in [0.4, 0.5) is 0 Å². The second-order valence-corrected chi connectivity index (χ2v) is 6.79. The number of carboxylic acids is 1. The summed E-state index contributed by atoms with van der Waals surface area (Å²) in [6.07, 6.45) is 0. The van der Waals surface area contributed by atoms with Crippen molar-refractivity contribution >= 4 is 46.4 Å². The van der Waals surface area contributed by atoms with Crippen molar-refractivity contribution in [2.75, 3.05) is 19.8 Å². The maximum Gasteiger partial charge on any atom is 0.328 e. The van der Waals surface area contributed by atoms with Gasteiger partial charge in [-0.1, -0.05) is 23.2 Å². The molecule has 0 aliphatic carbocycles. The molecule has 2 aromatic rings. The number of morpholine rings is 1. The minimum atomic E-state index is -1.10. The average molecular weight is 387 g/mol. The Kier molecular flexibility index (Phi) is 5.05. The summed E-state index contributed by atoms with van der Waals surface area (Å²) in [5.74, 6) is -1.53. The summed E-state index contributed by atoms with van der Waals surface area (Å²) >= 11 is 13.3. The number of amides is 1. The molecule has 1 saturated heterocycles. The molecule has 1 aromatic heterocycles. The highest BCUT2D eigenvalue weighted by Gasteiger charge is 2.34. The van der Waals surface area contributed by atoms with Crippen molar-refractivity contribution in [1.29, 1.82) is 0 Å². The SMILES string of the molecule is O=C(O)[C@H]1COCCN1C(=O)c1csc(-c2ccc(Cl)cc2Cl)n1. The first kappa shape index (κ1) is 17.2. The molecule has 1 amide bonds. The molecule has 1 N–H and O–H groups in total. The number of carboxylic acid groups (broad SMARTS) is 1. The van der Waals surface area contributed by atoms with Gasteiger partial charge in [0.05, 0.1) is 18.2 Å². The first-order valence-electron chi connectivity index (χ1n) is 7.00. The van der Waals surface area contributed by atoms with E-state index in [2.05, 4.69) is 4.98 Å². The van der Waals surface area contributed by atoms with Gasteiger partial charge in [0.25, 0.3) is 5.91 Å². The fourth-order valence-corrected chi connectivity index (χ4v) is 3.74. The first-order chi connectivity index (χ1) is 11.5. The van der Waals surface area contributed by atoms with Crippen LogP contribution in [0.25, 0.3) is 10.6 Å². The van der Waals surface area contributed by atoms with Crippen molar-refractivity contribution in [2.24, 2.45) is 0 Å². The number of hydrogen-bond donors (Lipinski definition) is 1. The van der Waals surface area contributed by atoms with Gasteiger partial charge in [-0.2, -0.15) is 0 Å². The molecule has 0 unspecified atom stereocenters. The largest absolute Gasteiger partial charge is 0.480 e. The van der Waals surface area contributed by atoms with Gasteiger partial charge in [0, 0.05) is 22.5 Å². The van der Waals surface area contributed by atoms with Crippen LogP contribution >= 0.6 is 34.5 Å². The van der Waals surface area contributed by atoms with Crippen LogP contribution in [0.15, 0.2) is 23.6 Å². The van der Waals surface area contributed by atoms with Gasteiger partial charge in [-0.3, -0.25) is 4.79 Å². The maximum atomic E-state index is 12.6. The number of aromatic nitrogens is 1. The van der Waals surface area contributed by atoms with Gasteiger partial charge in [0.2, 0.25) is 0 Å². The Labute approximate surface area is 151 Å². The van der Waals surface area contributed by atoms with Crippen molar-refractivity contribution in [3.8, 4) is 10.6 Å². The summed E-state index contributed by atoms with van der Waals surface area (Å²) < 4.78 is 5.14. The van der Waals surface area contributed by atoms with Crippen molar-refractivity contribution in [3.63, 3.8) is 0 Å². The van der Waals surface area contributed by atoms with Crippen molar-refractivity contribution in [1.82, 2.24) is 9.88 Å². The molecule has 1 aliphatic rings. The minimum Gasteiger partial charge on any atom is -0.480 e. The molecule has 3 rings (SSSR count). The van der Waals surface area contributed by atoms with Gasteiger partial charge in [-0.15, -0.1) is 11.3 Å². The third-order valence-corrected chi connectivity index (χ3v) is 4.98. The third kappa shape index (κ3) is 3.39. The molecular formula is C15H12Cl2N2O4S. The standard InChI is InChI=1S/C15H12Cl2N2O4S/c16-8-1-2-9(10(17)5-8)13-18-11(7-24-13)14(20)19-3-4-23-6-12(19)15(21)22/h1-2,5,7,12H,3-4,6H2,(H,21,22)/t12-/m1/s1. The van der Waals surface area contributed by atoms with Gasteiger partial charge >= 0.3 is 5.97 Å². The van der Waals surface area contributed by atoms with Gasteiger partial charge in [0.15, 0.2) is 6.04 Å². The molecule has 0 radical (unpaired) electrons. The molecule has 1 aromatic carbocycles. The van der Waals surface area contributed by atoms with E-state index in [-0.39, 0.29) is 18.8 Å². The zero-order valence-electron chi connectivity index (χ0n) is 12.2. The van der Waals surface area contributed by atoms with Gasteiger partial charge < -0.3 is 14.7 Å². The van der Waals surface area contributed by atoms with Crippen molar-refractivity contribution < 1.29 is 19.4 Å². The monoisotopic (exact) mass is 386 g/mol. The smallest absolute Gasteiger partial charge is 0.328 e. The average Bonchev–Trinajstić information content (AvgIpc) is 3.03. The van der Waals surface area contributed by atoms with Gasteiger partial charge in [0.1, 0.15) is 10.7 Å². The molecule has 0 spiro atoms. The predicted molar refractivity (Wildman–Crippen MR) is 90.8 cm³/mol. The van der Waals surface area contributed by atoms with Crippen LogP contribution in [0.2, 0.25) is 10.0 Å². The first-order valence-corrected chi connectivity index (χ1v) is 8.63. The molecule has 0 saturated carbocycles. The predicted octanol–water partition coefficient (Wildman–Crippen LogP) is 3.04. The lowest BCUT2D eigenvalue weighted by Crippen LogP contribution is -2.52.